The van der Waals surface area contributed by atoms with E-state index in [2.05, 4.69) is 82.9 Å². The van der Waals surface area contributed by atoms with Gasteiger partial charge in [-0.25, -0.2) is 0 Å². The van der Waals surface area contributed by atoms with Gasteiger partial charge in [-0.2, -0.15) is 0 Å². The first-order valence-corrected chi connectivity index (χ1v) is 8.25. The summed E-state index contributed by atoms with van der Waals surface area (Å²) in [5.74, 6) is 0. The molecule has 0 N–H and O–H groups in total. The number of benzene rings is 2. The summed E-state index contributed by atoms with van der Waals surface area (Å²) < 4.78 is 2.34. The topological polar surface area (TPSA) is 4.93 Å². The summed E-state index contributed by atoms with van der Waals surface area (Å²) in [5, 5.41) is 8.61. The van der Waals surface area contributed by atoms with Crippen LogP contribution in [0.5, 0.6) is 0 Å². The molecule has 2 aliphatic rings. The van der Waals surface area contributed by atoms with Crippen molar-refractivity contribution in [3.63, 3.8) is 0 Å². The van der Waals surface area contributed by atoms with Crippen LogP contribution in [0.25, 0.3) is 37.8 Å². The summed E-state index contributed by atoms with van der Waals surface area (Å²) >= 11 is 1.77. The van der Waals surface area contributed by atoms with Crippen molar-refractivity contribution in [2.24, 2.45) is 0 Å². The highest BCUT2D eigenvalue weighted by atomic mass is 32.1. The van der Waals surface area contributed by atoms with Crippen LogP contribution in [-0.2, 0) is 0 Å². The van der Waals surface area contributed by atoms with Crippen molar-refractivity contribution in [2.75, 3.05) is 0 Å². The zero-order chi connectivity index (χ0) is 14.5. The quantitative estimate of drug-likeness (QED) is 0.360. The Labute approximate surface area is 132 Å². The standard InChI is InChI=1S/C20H13NS/c1-4-9-17-14(6-1)12-18-16-8-3-2-7-15(16)13-21(20(17)18)19-10-5-11-22-19/h1-13H. The van der Waals surface area contributed by atoms with Gasteiger partial charge in [-0.15, -0.1) is 11.3 Å². The Balaban J connectivity index is 2.05. The number of rotatable bonds is 1. The van der Waals surface area contributed by atoms with Crippen molar-refractivity contribution in [3.8, 4) is 16.3 Å². The third-order valence-corrected chi connectivity index (χ3v) is 5.14. The van der Waals surface area contributed by atoms with Gasteiger partial charge in [0.1, 0.15) is 0 Å². The van der Waals surface area contributed by atoms with Gasteiger partial charge in [0, 0.05) is 17.1 Å². The van der Waals surface area contributed by atoms with E-state index in [0.717, 1.165) is 0 Å². The Morgan fingerprint density at radius 1 is 0.727 bits per heavy atom. The van der Waals surface area contributed by atoms with Crippen molar-refractivity contribution < 1.29 is 0 Å². The van der Waals surface area contributed by atoms with E-state index in [4.69, 9.17) is 0 Å². The molecular formula is C20H13NS. The number of aromatic nitrogens is 1. The van der Waals surface area contributed by atoms with E-state index < -0.39 is 0 Å². The van der Waals surface area contributed by atoms with E-state index in [-0.39, 0.29) is 0 Å². The second-order valence-corrected chi connectivity index (χ2v) is 6.46. The highest BCUT2D eigenvalue weighted by Crippen LogP contribution is 2.41. The monoisotopic (exact) mass is 299 g/mol. The first kappa shape index (κ1) is 12.0. The van der Waals surface area contributed by atoms with Gasteiger partial charge in [0.2, 0.25) is 0 Å². The molecule has 2 heteroatoms. The van der Waals surface area contributed by atoms with Gasteiger partial charge >= 0.3 is 0 Å². The average Bonchev–Trinajstić information content (AvgIpc) is 3.22. The second-order valence-electron chi connectivity index (χ2n) is 5.53. The SMILES string of the molecule is c1csc(-n2cc3ccccc3c3cc4ccccc4c2-3)c1. The maximum atomic E-state index is 2.34. The summed E-state index contributed by atoms with van der Waals surface area (Å²) in [7, 11) is 0. The summed E-state index contributed by atoms with van der Waals surface area (Å²) in [6, 6.07) is 23.9. The Bertz CT molecular complexity index is 1070. The molecule has 1 aliphatic carbocycles. The van der Waals surface area contributed by atoms with Crippen LogP contribution in [0.3, 0.4) is 0 Å². The number of hydrogen-bond donors (Lipinski definition) is 0. The lowest BCUT2D eigenvalue weighted by Crippen LogP contribution is -1.98. The van der Waals surface area contributed by atoms with Crippen molar-refractivity contribution in [3.05, 3.63) is 78.3 Å². The molecule has 3 aromatic rings. The first-order valence-electron chi connectivity index (χ1n) is 7.37. The second kappa shape index (κ2) is 4.46. The van der Waals surface area contributed by atoms with Crippen LogP contribution in [0.4, 0.5) is 0 Å². The van der Waals surface area contributed by atoms with Gasteiger partial charge in [-0.3, -0.25) is 0 Å². The van der Waals surface area contributed by atoms with E-state index >= 15 is 0 Å². The van der Waals surface area contributed by atoms with Crippen molar-refractivity contribution in [2.45, 2.75) is 0 Å². The van der Waals surface area contributed by atoms with E-state index in [1.54, 1.807) is 11.3 Å². The molecule has 0 saturated heterocycles. The van der Waals surface area contributed by atoms with E-state index in [9.17, 15) is 0 Å². The molecule has 5 rings (SSSR count). The fourth-order valence-electron chi connectivity index (χ4n) is 3.31. The minimum atomic E-state index is 1.26. The predicted octanol–water partition coefficient (Wildman–Crippen LogP) is 5.95. The molecule has 1 aromatic heterocycles. The maximum Gasteiger partial charge on any atom is 0.0995 e. The Kier molecular flexibility index (Phi) is 2.43. The molecule has 1 aliphatic heterocycles. The number of pyridine rings is 1. The van der Waals surface area contributed by atoms with Crippen LogP contribution in [0.1, 0.15) is 0 Å². The zero-order valence-electron chi connectivity index (χ0n) is 11.9. The third-order valence-electron chi connectivity index (χ3n) is 4.27. The van der Waals surface area contributed by atoms with Crippen molar-refractivity contribution >= 4 is 32.9 Å². The molecule has 1 nitrogen and oxygen atoms in total. The molecule has 0 fully saturated rings. The van der Waals surface area contributed by atoms with Gasteiger partial charge in [0.25, 0.3) is 0 Å². The normalized spacial score (nSPS) is 11.6. The minimum absolute atomic E-state index is 1.26. The molecule has 104 valence electrons. The van der Waals surface area contributed by atoms with Crippen LogP contribution in [0.2, 0.25) is 0 Å². The highest BCUT2D eigenvalue weighted by Gasteiger charge is 2.17. The van der Waals surface area contributed by atoms with E-state index in [1.807, 2.05) is 0 Å². The molecule has 0 bridgehead atoms. The number of nitrogens with zero attached hydrogens (tertiary/aromatic N) is 1. The third kappa shape index (κ3) is 1.59. The Morgan fingerprint density at radius 2 is 1.50 bits per heavy atom. The van der Waals surface area contributed by atoms with Crippen LogP contribution < -0.4 is 0 Å². The van der Waals surface area contributed by atoms with Gasteiger partial charge in [0.15, 0.2) is 0 Å². The van der Waals surface area contributed by atoms with Gasteiger partial charge in [0.05, 0.1) is 10.7 Å². The molecule has 2 aromatic carbocycles. The smallest absolute Gasteiger partial charge is 0.0995 e. The summed E-state index contributed by atoms with van der Waals surface area (Å²) in [4.78, 5) is 0. The van der Waals surface area contributed by atoms with Gasteiger partial charge < -0.3 is 4.57 Å². The molecule has 0 radical (unpaired) electrons. The molecule has 0 saturated carbocycles. The number of hydrogen-bond acceptors (Lipinski definition) is 1. The number of fused-ring (bicyclic) bond motifs is 5. The Morgan fingerprint density at radius 3 is 2.32 bits per heavy atom. The maximum absolute atomic E-state index is 2.34. The van der Waals surface area contributed by atoms with Gasteiger partial charge in [-0.05, 0) is 39.7 Å². The summed E-state index contributed by atoms with van der Waals surface area (Å²) in [6.07, 6.45) is 2.26. The molecule has 0 amide bonds. The van der Waals surface area contributed by atoms with E-state index in [0.29, 0.717) is 0 Å². The molecule has 22 heavy (non-hydrogen) atoms. The van der Waals surface area contributed by atoms with Crippen molar-refractivity contribution in [1.82, 2.24) is 4.57 Å². The fourth-order valence-corrected chi connectivity index (χ4v) is 4.02. The molecular weight excluding hydrogens is 286 g/mol. The van der Waals surface area contributed by atoms with E-state index in [1.165, 1.54) is 37.8 Å². The van der Waals surface area contributed by atoms with Crippen LogP contribution in [0, 0.1) is 0 Å². The summed E-state index contributed by atoms with van der Waals surface area (Å²) in [6.45, 7) is 0. The Hall–Kier alpha value is -2.58. The predicted molar refractivity (Wildman–Crippen MR) is 95.3 cm³/mol. The van der Waals surface area contributed by atoms with Gasteiger partial charge in [-0.1, -0.05) is 48.5 Å². The van der Waals surface area contributed by atoms with Crippen molar-refractivity contribution in [1.29, 1.82) is 0 Å². The molecule has 2 heterocycles. The fraction of sp³-hybridized carbons (Fsp3) is 0. The van der Waals surface area contributed by atoms with Crippen LogP contribution >= 0.6 is 11.3 Å². The summed E-state index contributed by atoms with van der Waals surface area (Å²) in [5.41, 5.74) is 2.63. The molecule has 0 unspecified atom stereocenters. The van der Waals surface area contributed by atoms with Crippen LogP contribution in [-0.4, -0.2) is 4.57 Å². The lowest BCUT2D eigenvalue weighted by molar-refractivity contribution is 1.11. The average molecular weight is 299 g/mol. The molecule has 0 spiro atoms. The van der Waals surface area contributed by atoms with Crippen LogP contribution in [0.15, 0.2) is 78.3 Å². The highest BCUT2D eigenvalue weighted by molar-refractivity contribution is 7.12. The largest absolute Gasteiger partial charge is 0.307 e. The minimum Gasteiger partial charge on any atom is -0.307 e. The zero-order valence-corrected chi connectivity index (χ0v) is 12.7. The number of thiophene rings is 1. The molecule has 0 atom stereocenters. The lowest BCUT2D eigenvalue weighted by Gasteiger charge is -2.15. The lowest BCUT2D eigenvalue weighted by atomic mass is 10.0. The first-order chi connectivity index (χ1) is 10.9.